The van der Waals surface area contributed by atoms with Crippen molar-refractivity contribution in [3.8, 4) is 0 Å². The fourth-order valence-electron chi connectivity index (χ4n) is 1.49. The number of carbonyl (C=O) groups is 1. The van der Waals surface area contributed by atoms with Crippen LogP contribution in [0.4, 0.5) is 10.1 Å². The molecule has 0 aliphatic carbocycles. The lowest BCUT2D eigenvalue weighted by atomic mass is 10.3. The zero-order chi connectivity index (χ0) is 13.8. The van der Waals surface area contributed by atoms with Crippen LogP contribution in [-0.2, 0) is 11.3 Å². The van der Waals surface area contributed by atoms with Crippen molar-refractivity contribution in [3.05, 3.63) is 52.7 Å². The van der Waals surface area contributed by atoms with E-state index in [1.54, 1.807) is 12.1 Å². The Bertz CT molecular complexity index is 597. The van der Waals surface area contributed by atoms with Gasteiger partial charge in [-0.1, -0.05) is 11.6 Å². The average Bonchev–Trinajstić information content (AvgIpc) is 2.88. The minimum atomic E-state index is -0.499. The Morgan fingerprint density at radius 3 is 2.95 bits per heavy atom. The van der Waals surface area contributed by atoms with E-state index in [4.69, 9.17) is 16.0 Å². The first-order valence-corrected chi connectivity index (χ1v) is 5.82. The number of anilines is 1. The van der Waals surface area contributed by atoms with Gasteiger partial charge in [-0.25, -0.2) is 9.18 Å². The molecule has 0 aliphatic heterocycles. The molecule has 0 saturated heterocycles. The van der Waals surface area contributed by atoms with Gasteiger partial charge in [0.1, 0.15) is 17.8 Å². The first-order chi connectivity index (χ1) is 9.10. The average molecular weight is 284 g/mol. The van der Waals surface area contributed by atoms with E-state index in [1.165, 1.54) is 25.5 Å². The van der Waals surface area contributed by atoms with Crippen LogP contribution in [0.15, 0.2) is 34.9 Å². The van der Waals surface area contributed by atoms with Gasteiger partial charge in [-0.05, 0) is 24.3 Å². The van der Waals surface area contributed by atoms with Gasteiger partial charge in [0, 0.05) is 5.69 Å². The van der Waals surface area contributed by atoms with Crippen LogP contribution in [0.3, 0.4) is 0 Å². The lowest BCUT2D eigenvalue weighted by Crippen LogP contribution is -2.00. The van der Waals surface area contributed by atoms with E-state index in [1.807, 2.05) is 0 Å². The molecule has 6 heteroatoms. The predicted octanol–water partition coefficient (Wildman–Crippen LogP) is 3.47. The summed E-state index contributed by atoms with van der Waals surface area (Å²) >= 11 is 5.58. The molecule has 0 radical (unpaired) electrons. The fraction of sp³-hybridized carbons (Fsp3) is 0.154. The van der Waals surface area contributed by atoms with E-state index in [0.717, 1.165) is 0 Å². The number of carbonyl (C=O) groups excluding carboxylic acids is 1. The first-order valence-electron chi connectivity index (χ1n) is 5.45. The molecule has 0 spiro atoms. The molecular weight excluding hydrogens is 273 g/mol. The van der Waals surface area contributed by atoms with Gasteiger partial charge in [-0.2, -0.15) is 0 Å². The summed E-state index contributed by atoms with van der Waals surface area (Å²) < 4.78 is 22.9. The van der Waals surface area contributed by atoms with Crippen LogP contribution in [0.2, 0.25) is 5.02 Å². The van der Waals surface area contributed by atoms with Crippen LogP contribution in [0.5, 0.6) is 0 Å². The van der Waals surface area contributed by atoms with Crippen molar-refractivity contribution in [3.63, 3.8) is 0 Å². The van der Waals surface area contributed by atoms with E-state index in [9.17, 15) is 9.18 Å². The highest BCUT2D eigenvalue weighted by atomic mass is 35.5. The predicted molar refractivity (Wildman–Crippen MR) is 68.8 cm³/mol. The Balaban J connectivity index is 2.00. The zero-order valence-corrected chi connectivity index (χ0v) is 10.8. The molecule has 2 aromatic rings. The molecule has 19 heavy (non-hydrogen) atoms. The molecule has 0 saturated carbocycles. The standard InChI is InChI=1S/C13H11ClFNO3/c1-18-13(17)8-4-10(19-7-8)6-16-9-2-3-11(14)12(15)5-9/h2-5,7,16H,6H2,1H3. The van der Waals surface area contributed by atoms with Crippen LogP contribution in [0.25, 0.3) is 0 Å². The van der Waals surface area contributed by atoms with E-state index in [0.29, 0.717) is 23.6 Å². The Morgan fingerprint density at radius 2 is 2.26 bits per heavy atom. The highest BCUT2D eigenvalue weighted by Crippen LogP contribution is 2.19. The maximum absolute atomic E-state index is 13.2. The summed E-state index contributed by atoms with van der Waals surface area (Å²) in [6.45, 7) is 0.318. The number of methoxy groups -OCH3 is 1. The molecule has 1 aromatic carbocycles. The molecule has 0 bridgehead atoms. The number of nitrogens with one attached hydrogen (secondary N) is 1. The number of ether oxygens (including phenoxy) is 1. The topological polar surface area (TPSA) is 51.5 Å². The SMILES string of the molecule is COC(=O)c1coc(CNc2ccc(Cl)c(F)c2)c1. The molecule has 100 valence electrons. The number of halogens is 2. The second-order valence-electron chi connectivity index (χ2n) is 3.78. The van der Waals surface area contributed by atoms with E-state index in [-0.39, 0.29) is 5.02 Å². The van der Waals surface area contributed by atoms with Crippen LogP contribution in [0.1, 0.15) is 16.1 Å². The number of hydrogen-bond donors (Lipinski definition) is 1. The van der Waals surface area contributed by atoms with Crippen molar-refractivity contribution in [2.24, 2.45) is 0 Å². The fourth-order valence-corrected chi connectivity index (χ4v) is 1.61. The normalized spacial score (nSPS) is 10.3. The number of esters is 1. The highest BCUT2D eigenvalue weighted by Gasteiger charge is 2.10. The molecule has 1 heterocycles. The third-order valence-electron chi connectivity index (χ3n) is 2.46. The lowest BCUT2D eigenvalue weighted by Gasteiger charge is -2.04. The monoisotopic (exact) mass is 283 g/mol. The third kappa shape index (κ3) is 3.26. The zero-order valence-electron chi connectivity index (χ0n) is 10.1. The quantitative estimate of drug-likeness (QED) is 0.873. The second kappa shape index (κ2) is 5.75. The number of hydrogen-bond acceptors (Lipinski definition) is 4. The molecule has 4 nitrogen and oxygen atoms in total. The van der Waals surface area contributed by atoms with Gasteiger partial charge in [-0.15, -0.1) is 0 Å². The molecule has 0 fully saturated rings. The summed E-state index contributed by atoms with van der Waals surface area (Å²) in [7, 11) is 1.30. The molecule has 0 atom stereocenters. The van der Waals surface area contributed by atoms with Gasteiger partial charge in [0.25, 0.3) is 0 Å². The Morgan fingerprint density at radius 1 is 1.47 bits per heavy atom. The summed E-state index contributed by atoms with van der Waals surface area (Å²) in [4.78, 5) is 11.2. The summed E-state index contributed by atoms with van der Waals surface area (Å²) in [5.74, 6) is -0.426. The molecule has 0 unspecified atom stereocenters. The van der Waals surface area contributed by atoms with E-state index in [2.05, 4.69) is 10.1 Å². The number of benzene rings is 1. The first kappa shape index (κ1) is 13.4. The molecule has 0 aliphatic rings. The van der Waals surface area contributed by atoms with Crippen LogP contribution in [-0.4, -0.2) is 13.1 Å². The maximum atomic E-state index is 13.2. The summed E-state index contributed by atoms with van der Waals surface area (Å²) in [6.07, 6.45) is 1.31. The number of furan rings is 1. The van der Waals surface area contributed by atoms with Crippen molar-refractivity contribution in [2.75, 3.05) is 12.4 Å². The van der Waals surface area contributed by atoms with Gasteiger partial charge in [0.2, 0.25) is 0 Å². The van der Waals surface area contributed by atoms with Crippen molar-refractivity contribution in [1.29, 1.82) is 0 Å². The van der Waals surface area contributed by atoms with Gasteiger partial charge in [-0.3, -0.25) is 0 Å². The summed E-state index contributed by atoms with van der Waals surface area (Å²) in [6, 6.07) is 5.95. The Kier molecular flexibility index (Phi) is 4.06. The van der Waals surface area contributed by atoms with E-state index < -0.39 is 11.8 Å². The minimum Gasteiger partial charge on any atom is -0.467 e. The smallest absolute Gasteiger partial charge is 0.341 e. The molecule has 0 amide bonds. The van der Waals surface area contributed by atoms with E-state index >= 15 is 0 Å². The van der Waals surface area contributed by atoms with Crippen molar-refractivity contribution in [1.82, 2.24) is 0 Å². The van der Waals surface area contributed by atoms with Crippen LogP contribution in [0, 0.1) is 5.82 Å². The van der Waals surface area contributed by atoms with Crippen molar-refractivity contribution >= 4 is 23.3 Å². The third-order valence-corrected chi connectivity index (χ3v) is 2.77. The molecule has 2 rings (SSSR count). The molecule has 1 N–H and O–H groups in total. The summed E-state index contributed by atoms with van der Waals surface area (Å²) in [5.41, 5.74) is 0.902. The van der Waals surface area contributed by atoms with Gasteiger partial charge in [0.05, 0.1) is 24.2 Å². The highest BCUT2D eigenvalue weighted by molar-refractivity contribution is 6.30. The second-order valence-corrected chi connectivity index (χ2v) is 4.18. The molecular formula is C13H11ClFNO3. The lowest BCUT2D eigenvalue weighted by molar-refractivity contribution is 0.0600. The largest absolute Gasteiger partial charge is 0.467 e. The van der Waals surface area contributed by atoms with Crippen LogP contribution < -0.4 is 5.32 Å². The Hall–Kier alpha value is -2.01. The van der Waals surface area contributed by atoms with Crippen LogP contribution >= 0.6 is 11.6 Å². The van der Waals surface area contributed by atoms with Gasteiger partial charge < -0.3 is 14.5 Å². The number of rotatable bonds is 4. The van der Waals surface area contributed by atoms with Gasteiger partial charge in [0.15, 0.2) is 0 Å². The van der Waals surface area contributed by atoms with Crippen molar-refractivity contribution in [2.45, 2.75) is 6.54 Å². The van der Waals surface area contributed by atoms with Gasteiger partial charge >= 0.3 is 5.97 Å². The Labute approximate surface area is 114 Å². The summed E-state index contributed by atoms with van der Waals surface area (Å²) in [5, 5.41) is 3.02. The van der Waals surface area contributed by atoms with Crippen molar-refractivity contribution < 1.29 is 18.3 Å². The maximum Gasteiger partial charge on any atom is 0.341 e. The minimum absolute atomic E-state index is 0.0662. The molecule has 1 aromatic heterocycles.